The van der Waals surface area contributed by atoms with Gasteiger partial charge in [-0.05, 0) is 18.6 Å². The Kier molecular flexibility index (Phi) is 7.22. The van der Waals surface area contributed by atoms with Gasteiger partial charge in [0.05, 0.1) is 5.92 Å². The van der Waals surface area contributed by atoms with E-state index in [1.807, 2.05) is 0 Å². The quantitative estimate of drug-likeness (QED) is 0.456. The molecule has 1 aromatic carbocycles. The Bertz CT molecular complexity index is 491. The zero-order valence-corrected chi connectivity index (χ0v) is 12.9. The summed E-state index contributed by atoms with van der Waals surface area (Å²) in [7, 11) is 0. The number of phenolic OH excluding ortho intramolecular Hbond substituents is 2. The highest BCUT2D eigenvalue weighted by molar-refractivity contribution is 5.80. The molecule has 0 bridgehead atoms. The number of carbonyl (C=O) groups excluding carboxylic acids is 2. The molecule has 1 atom stereocenters. The zero-order chi connectivity index (χ0) is 16.5. The lowest BCUT2D eigenvalue weighted by Crippen LogP contribution is -2.18. The van der Waals surface area contributed by atoms with Crippen LogP contribution in [0.5, 0.6) is 11.5 Å². The van der Waals surface area contributed by atoms with Crippen LogP contribution in [0.4, 0.5) is 0 Å². The lowest BCUT2D eigenvalue weighted by atomic mass is 9.91. The first-order valence-electron chi connectivity index (χ1n) is 7.37. The molecule has 0 saturated heterocycles. The second kappa shape index (κ2) is 8.92. The molecule has 0 saturated carbocycles. The van der Waals surface area contributed by atoms with Crippen molar-refractivity contribution in [1.82, 2.24) is 0 Å². The Labute approximate surface area is 129 Å². The van der Waals surface area contributed by atoms with Gasteiger partial charge in [0.2, 0.25) is 0 Å². The minimum absolute atomic E-state index is 0.0937. The molecule has 1 unspecified atom stereocenters. The van der Waals surface area contributed by atoms with E-state index in [4.69, 9.17) is 0 Å². The van der Waals surface area contributed by atoms with E-state index in [1.165, 1.54) is 18.2 Å². The molecule has 0 radical (unpaired) electrons. The van der Waals surface area contributed by atoms with Crippen LogP contribution in [0.25, 0.3) is 0 Å². The van der Waals surface area contributed by atoms with E-state index in [9.17, 15) is 19.8 Å². The van der Waals surface area contributed by atoms with Gasteiger partial charge in [-0.2, -0.15) is 0 Å². The summed E-state index contributed by atoms with van der Waals surface area (Å²) in [6.45, 7) is 3.18. The Balaban J connectivity index is 2.90. The molecule has 0 fully saturated rings. The van der Waals surface area contributed by atoms with Crippen LogP contribution in [0, 0.1) is 0 Å². The number of carbonyl (C=O) groups is 2. The molecule has 0 aliphatic rings. The number of hydrogen-bond donors (Lipinski definition) is 2. The topological polar surface area (TPSA) is 93.1 Å². The van der Waals surface area contributed by atoms with Gasteiger partial charge in [0, 0.05) is 12.5 Å². The fraction of sp³-hybridized carbons (Fsp3) is 0.500. The first-order chi connectivity index (χ1) is 10.5. The van der Waals surface area contributed by atoms with Crippen molar-refractivity contribution >= 4 is 11.9 Å². The van der Waals surface area contributed by atoms with Crippen molar-refractivity contribution in [2.45, 2.75) is 51.9 Å². The molecule has 6 heteroatoms. The van der Waals surface area contributed by atoms with E-state index in [1.54, 1.807) is 0 Å². The highest BCUT2D eigenvalue weighted by Crippen LogP contribution is 2.37. The van der Waals surface area contributed by atoms with E-state index in [0.29, 0.717) is 6.42 Å². The third-order valence-electron chi connectivity index (χ3n) is 3.28. The zero-order valence-electron chi connectivity index (χ0n) is 12.9. The predicted molar refractivity (Wildman–Crippen MR) is 79.1 cm³/mol. The fourth-order valence-corrected chi connectivity index (χ4v) is 2.21. The van der Waals surface area contributed by atoms with E-state index in [-0.39, 0.29) is 17.1 Å². The highest BCUT2D eigenvalue weighted by Gasteiger charge is 2.29. The minimum Gasteiger partial charge on any atom is -0.508 e. The number of aromatic hydroxyl groups is 2. The number of rotatable bonds is 7. The molecule has 1 rings (SSSR count). The number of phenols is 2. The third-order valence-corrected chi connectivity index (χ3v) is 3.28. The second-order valence-electron chi connectivity index (χ2n) is 5.09. The van der Waals surface area contributed by atoms with E-state index >= 15 is 0 Å². The summed E-state index contributed by atoms with van der Waals surface area (Å²) in [4.78, 5) is 31.6. The molecule has 0 aliphatic carbocycles. The maximum absolute atomic E-state index is 12.1. The lowest BCUT2D eigenvalue weighted by molar-refractivity contribution is -0.258. The monoisotopic (exact) mass is 310 g/mol. The van der Waals surface area contributed by atoms with Crippen LogP contribution < -0.4 is 0 Å². The van der Waals surface area contributed by atoms with Crippen LogP contribution in [0.3, 0.4) is 0 Å². The fourth-order valence-electron chi connectivity index (χ4n) is 2.21. The van der Waals surface area contributed by atoms with Gasteiger partial charge in [0.15, 0.2) is 0 Å². The smallest absolute Gasteiger partial charge is 0.363 e. The molecule has 1 aromatic rings. The van der Waals surface area contributed by atoms with E-state index < -0.39 is 17.9 Å². The maximum Gasteiger partial charge on any atom is 0.363 e. The Morgan fingerprint density at radius 1 is 1.09 bits per heavy atom. The summed E-state index contributed by atoms with van der Waals surface area (Å²) in [5.74, 6) is -2.85. The number of unbranched alkanes of at least 4 members (excludes halogenated alkanes) is 3. The van der Waals surface area contributed by atoms with Crippen molar-refractivity contribution in [3.63, 3.8) is 0 Å². The molecule has 0 aliphatic heterocycles. The average Bonchev–Trinajstić information content (AvgIpc) is 2.46. The van der Waals surface area contributed by atoms with Crippen molar-refractivity contribution in [3.05, 3.63) is 23.8 Å². The number of benzene rings is 1. The van der Waals surface area contributed by atoms with E-state index in [2.05, 4.69) is 16.7 Å². The molecule has 0 heterocycles. The summed E-state index contributed by atoms with van der Waals surface area (Å²) in [6, 6.07) is 4.24. The predicted octanol–water partition coefficient (Wildman–Crippen LogP) is 3.17. The Morgan fingerprint density at radius 3 is 2.27 bits per heavy atom. The SMILES string of the molecule is CCCCCCC(C(=O)OOC(C)=O)c1c(O)cccc1O. The maximum atomic E-state index is 12.1. The van der Waals surface area contributed by atoms with Gasteiger partial charge in [0.1, 0.15) is 11.5 Å². The van der Waals surface area contributed by atoms with Gasteiger partial charge < -0.3 is 10.2 Å². The standard InChI is InChI=1S/C16H22O6/c1-3-4-5-6-8-12(16(20)22-21-11(2)17)15-13(18)9-7-10-14(15)19/h7,9-10,12,18-19H,3-6,8H2,1-2H3. The largest absolute Gasteiger partial charge is 0.508 e. The molecular formula is C16H22O6. The van der Waals surface area contributed by atoms with Gasteiger partial charge in [-0.1, -0.05) is 38.7 Å². The van der Waals surface area contributed by atoms with Crippen molar-refractivity contribution in [1.29, 1.82) is 0 Å². The van der Waals surface area contributed by atoms with Crippen LogP contribution in [0.2, 0.25) is 0 Å². The first-order valence-corrected chi connectivity index (χ1v) is 7.37. The highest BCUT2D eigenvalue weighted by atomic mass is 17.2. The van der Waals surface area contributed by atoms with Crippen LogP contribution >= 0.6 is 0 Å². The summed E-state index contributed by atoms with van der Waals surface area (Å²) in [6.07, 6.45) is 4.09. The van der Waals surface area contributed by atoms with Crippen LogP contribution in [0.1, 0.15) is 57.4 Å². The Morgan fingerprint density at radius 2 is 1.73 bits per heavy atom. The summed E-state index contributed by atoms with van der Waals surface area (Å²) >= 11 is 0. The molecule has 0 aromatic heterocycles. The van der Waals surface area contributed by atoms with Crippen molar-refractivity contribution in [2.24, 2.45) is 0 Å². The summed E-state index contributed by atoms with van der Waals surface area (Å²) < 4.78 is 0. The van der Waals surface area contributed by atoms with Gasteiger partial charge in [-0.25, -0.2) is 19.4 Å². The molecule has 0 amide bonds. The minimum atomic E-state index is -0.891. The number of hydrogen-bond acceptors (Lipinski definition) is 6. The van der Waals surface area contributed by atoms with E-state index in [0.717, 1.165) is 32.6 Å². The van der Waals surface area contributed by atoms with Crippen molar-refractivity contribution in [2.75, 3.05) is 0 Å². The summed E-state index contributed by atoms with van der Waals surface area (Å²) in [5.41, 5.74) is 0.0937. The molecule has 0 spiro atoms. The van der Waals surface area contributed by atoms with Crippen LogP contribution in [-0.4, -0.2) is 22.2 Å². The molecule has 2 N–H and O–H groups in total. The third kappa shape index (κ3) is 5.27. The average molecular weight is 310 g/mol. The normalized spacial score (nSPS) is 11.7. The lowest BCUT2D eigenvalue weighted by Gasteiger charge is -2.17. The van der Waals surface area contributed by atoms with Crippen molar-refractivity contribution in [3.8, 4) is 11.5 Å². The molecule has 22 heavy (non-hydrogen) atoms. The van der Waals surface area contributed by atoms with Crippen molar-refractivity contribution < 1.29 is 29.6 Å². The molecule has 6 nitrogen and oxygen atoms in total. The second-order valence-corrected chi connectivity index (χ2v) is 5.09. The Hall–Kier alpha value is -2.24. The van der Waals surface area contributed by atoms with Gasteiger partial charge in [-0.15, -0.1) is 0 Å². The van der Waals surface area contributed by atoms with Gasteiger partial charge in [-0.3, -0.25) is 0 Å². The molecule has 122 valence electrons. The van der Waals surface area contributed by atoms with Gasteiger partial charge >= 0.3 is 11.9 Å². The first kappa shape index (κ1) is 17.8. The summed E-state index contributed by atoms with van der Waals surface area (Å²) in [5, 5.41) is 19.8. The van der Waals surface area contributed by atoms with Crippen LogP contribution in [-0.2, 0) is 19.4 Å². The van der Waals surface area contributed by atoms with Gasteiger partial charge in [0.25, 0.3) is 0 Å². The van der Waals surface area contributed by atoms with Crippen LogP contribution in [0.15, 0.2) is 18.2 Å². The molecular weight excluding hydrogens is 288 g/mol.